The van der Waals surface area contributed by atoms with Gasteiger partial charge < -0.3 is 4.90 Å². The first-order valence-electron chi connectivity index (χ1n) is 5.21. The summed E-state index contributed by atoms with van der Waals surface area (Å²) in [7, 11) is -2.80. The molecule has 0 unspecified atom stereocenters. The Hall–Kier alpha value is -0.550. The van der Waals surface area contributed by atoms with Crippen LogP contribution in [-0.4, -0.2) is 33.0 Å². The normalized spacial score (nSPS) is 19.7. The van der Waals surface area contributed by atoms with E-state index in [1.807, 2.05) is 12.1 Å². The zero-order valence-electron chi connectivity index (χ0n) is 8.89. The van der Waals surface area contributed by atoms with Crippen LogP contribution in [0.5, 0.6) is 0 Å². The zero-order valence-corrected chi connectivity index (χ0v) is 11.3. The summed E-state index contributed by atoms with van der Waals surface area (Å²) in [5.74, 6) is 0.535. The SMILES string of the molecule is O=S1(=O)CCN(c2ccccc2CBr)CC1. The second-order valence-corrected chi connectivity index (χ2v) is 6.77. The lowest BCUT2D eigenvalue weighted by molar-refractivity contribution is 0.586. The summed E-state index contributed by atoms with van der Waals surface area (Å²) in [6.07, 6.45) is 0. The highest BCUT2D eigenvalue weighted by molar-refractivity contribution is 9.08. The van der Waals surface area contributed by atoms with Gasteiger partial charge in [0, 0.05) is 24.1 Å². The van der Waals surface area contributed by atoms with Crippen LogP contribution in [0.3, 0.4) is 0 Å². The molecule has 88 valence electrons. The Labute approximate surface area is 105 Å². The van der Waals surface area contributed by atoms with Gasteiger partial charge in [0.25, 0.3) is 0 Å². The lowest BCUT2D eigenvalue weighted by Crippen LogP contribution is -2.40. The number of sulfone groups is 1. The van der Waals surface area contributed by atoms with Crippen LogP contribution in [0.25, 0.3) is 0 Å². The molecule has 2 rings (SSSR count). The summed E-state index contributed by atoms with van der Waals surface area (Å²) >= 11 is 3.45. The zero-order chi connectivity index (χ0) is 11.6. The first kappa shape index (κ1) is 11.9. The van der Waals surface area contributed by atoms with Crippen LogP contribution in [-0.2, 0) is 15.2 Å². The van der Waals surface area contributed by atoms with Crippen LogP contribution in [0.2, 0.25) is 0 Å². The van der Waals surface area contributed by atoms with E-state index in [0.29, 0.717) is 13.1 Å². The molecule has 0 saturated carbocycles. The van der Waals surface area contributed by atoms with Crippen LogP contribution in [0, 0.1) is 0 Å². The molecule has 0 N–H and O–H groups in total. The quantitative estimate of drug-likeness (QED) is 0.782. The summed E-state index contributed by atoms with van der Waals surface area (Å²) in [6.45, 7) is 1.21. The Morgan fingerprint density at radius 2 is 1.81 bits per heavy atom. The minimum absolute atomic E-state index is 0.267. The lowest BCUT2D eigenvalue weighted by Gasteiger charge is -2.30. The van der Waals surface area contributed by atoms with Crippen LogP contribution in [0.15, 0.2) is 24.3 Å². The predicted molar refractivity (Wildman–Crippen MR) is 69.9 cm³/mol. The van der Waals surface area contributed by atoms with Gasteiger partial charge in [-0.05, 0) is 11.6 Å². The summed E-state index contributed by atoms with van der Waals surface area (Å²) in [6, 6.07) is 8.10. The summed E-state index contributed by atoms with van der Waals surface area (Å²) in [4.78, 5) is 2.15. The number of rotatable bonds is 2. The van der Waals surface area contributed by atoms with E-state index in [9.17, 15) is 8.42 Å². The Bertz CT molecular complexity index is 459. The van der Waals surface area contributed by atoms with Gasteiger partial charge >= 0.3 is 0 Å². The highest BCUT2D eigenvalue weighted by atomic mass is 79.9. The highest BCUT2D eigenvalue weighted by Gasteiger charge is 2.22. The fourth-order valence-electron chi connectivity index (χ4n) is 1.89. The van der Waals surface area contributed by atoms with E-state index >= 15 is 0 Å². The second kappa shape index (κ2) is 4.75. The number of hydrogen-bond acceptors (Lipinski definition) is 3. The average molecular weight is 304 g/mol. The lowest BCUT2D eigenvalue weighted by atomic mass is 10.2. The second-order valence-electron chi connectivity index (χ2n) is 3.90. The third-order valence-corrected chi connectivity index (χ3v) is 5.03. The standard InChI is InChI=1S/C11H14BrNO2S/c12-9-10-3-1-2-4-11(10)13-5-7-16(14,15)8-6-13/h1-4H,5-9H2. The maximum absolute atomic E-state index is 11.3. The number of alkyl halides is 1. The van der Waals surface area contributed by atoms with Gasteiger partial charge in [-0.3, -0.25) is 0 Å². The highest BCUT2D eigenvalue weighted by Crippen LogP contribution is 2.24. The predicted octanol–water partition coefficient (Wildman–Crippen LogP) is 1.82. The molecule has 3 nitrogen and oxygen atoms in total. The van der Waals surface area contributed by atoms with Crippen molar-refractivity contribution < 1.29 is 8.42 Å². The molecule has 1 aromatic carbocycles. The molecular formula is C11H14BrNO2S. The Morgan fingerprint density at radius 1 is 1.19 bits per heavy atom. The van der Waals surface area contributed by atoms with Gasteiger partial charge in [-0.15, -0.1) is 0 Å². The molecule has 0 aromatic heterocycles. The van der Waals surface area contributed by atoms with Gasteiger partial charge in [0.1, 0.15) is 0 Å². The maximum atomic E-state index is 11.3. The molecule has 5 heteroatoms. The summed E-state index contributed by atoms with van der Waals surface area (Å²) in [5, 5.41) is 0.798. The topological polar surface area (TPSA) is 37.4 Å². The van der Waals surface area contributed by atoms with Crippen molar-refractivity contribution in [2.24, 2.45) is 0 Å². The van der Waals surface area contributed by atoms with E-state index in [1.165, 1.54) is 5.56 Å². The van der Waals surface area contributed by atoms with Gasteiger partial charge in [0.2, 0.25) is 0 Å². The first-order chi connectivity index (χ1) is 7.62. The molecule has 0 bridgehead atoms. The van der Waals surface area contributed by atoms with Gasteiger partial charge in [0.05, 0.1) is 11.5 Å². The number of benzene rings is 1. The average Bonchev–Trinajstić information content (AvgIpc) is 2.29. The third-order valence-electron chi connectivity index (χ3n) is 2.82. The van der Waals surface area contributed by atoms with Crippen molar-refractivity contribution in [1.29, 1.82) is 0 Å². The molecule has 16 heavy (non-hydrogen) atoms. The molecule has 1 fully saturated rings. The molecule has 0 atom stereocenters. The summed E-state index contributed by atoms with van der Waals surface area (Å²) in [5.41, 5.74) is 2.36. The van der Waals surface area contributed by atoms with Crippen molar-refractivity contribution in [2.45, 2.75) is 5.33 Å². The van der Waals surface area contributed by atoms with Crippen molar-refractivity contribution >= 4 is 31.5 Å². The van der Waals surface area contributed by atoms with Gasteiger partial charge in [0.15, 0.2) is 9.84 Å². The smallest absolute Gasteiger partial charge is 0.153 e. The van der Waals surface area contributed by atoms with E-state index < -0.39 is 9.84 Å². The molecule has 1 heterocycles. The minimum atomic E-state index is -2.80. The fraction of sp³-hybridized carbons (Fsp3) is 0.455. The van der Waals surface area contributed by atoms with Crippen molar-refractivity contribution in [3.05, 3.63) is 29.8 Å². The molecule has 0 aliphatic carbocycles. The van der Waals surface area contributed by atoms with Crippen LogP contribution in [0.1, 0.15) is 5.56 Å². The maximum Gasteiger partial charge on any atom is 0.153 e. The Morgan fingerprint density at radius 3 is 2.44 bits per heavy atom. The number of anilines is 1. The molecular weight excluding hydrogens is 290 g/mol. The first-order valence-corrected chi connectivity index (χ1v) is 8.16. The van der Waals surface area contributed by atoms with E-state index in [0.717, 1.165) is 11.0 Å². The molecule has 0 spiro atoms. The Balaban J connectivity index is 2.20. The van der Waals surface area contributed by atoms with Crippen molar-refractivity contribution in [1.82, 2.24) is 0 Å². The summed E-state index contributed by atoms with van der Waals surface area (Å²) < 4.78 is 22.7. The molecule has 0 radical (unpaired) electrons. The number of halogens is 1. The van der Waals surface area contributed by atoms with E-state index in [-0.39, 0.29) is 11.5 Å². The largest absolute Gasteiger partial charge is 0.369 e. The van der Waals surface area contributed by atoms with Crippen LogP contribution < -0.4 is 4.90 Å². The molecule has 1 aliphatic heterocycles. The van der Waals surface area contributed by atoms with Crippen molar-refractivity contribution in [2.75, 3.05) is 29.5 Å². The number of para-hydroxylation sites is 1. The third kappa shape index (κ3) is 2.58. The van der Waals surface area contributed by atoms with Gasteiger partial charge in [-0.25, -0.2) is 8.42 Å². The van der Waals surface area contributed by atoms with E-state index in [4.69, 9.17) is 0 Å². The number of hydrogen-bond donors (Lipinski definition) is 0. The molecule has 0 amide bonds. The van der Waals surface area contributed by atoms with Crippen molar-refractivity contribution in [3.8, 4) is 0 Å². The van der Waals surface area contributed by atoms with Crippen LogP contribution >= 0.6 is 15.9 Å². The fourth-order valence-corrected chi connectivity index (χ4v) is 3.56. The van der Waals surface area contributed by atoms with Crippen molar-refractivity contribution in [3.63, 3.8) is 0 Å². The molecule has 1 aromatic rings. The minimum Gasteiger partial charge on any atom is -0.369 e. The van der Waals surface area contributed by atoms with E-state index in [2.05, 4.69) is 33.0 Å². The van der Waals surface area contributed by atoms with E-state index in [1.54, 1.807) is 0 Å². The van der Waals surface area contributed by atoms with Gasteiger partial charge in [-0.1, -0.05) is 34.1 Å². The number of nitrogens with zero attached hydrogens (tertiary/aromatic N) is 1. The van der Waals surface area contributed by atoms with Gasteiger partial charge in [-0.2, -0.15) is 0 Å². The Kier molecular flexibility index (Phi) is 3.54. The molecule has 1 aliphatic rings. The van der Waals surface area contributed by atoms with Crippen LogP contribution in [0.4, 0.5) is 5.69 Å². The molecule has 1 saturated heterocycles. The monoisotopic (exact) mass is 303 g/mol.